The molecule has 0 bridgehead atoms. The number of ether oxygens (including phenoxy) is 2. The normalized spacial score (nSPS) is 20.2. The number of carbonyl (C=O) groups is 1. The number of likely N-dealkylation sites (tertiary alicyclic amines) is 1. The third kappa shape index (κ3) is 4.96. The van der Waals surface area contributed by atoms with E-state index in [1.807, 2.05) is 13.0 Å². The SMILES string of the molecule is CCCOc1cc2c(cc1OC)CC(CC1(F)CCN(Cc3ccc(F)cc3)CC1)C2=O. The van der Waals surface area contributed by atoms with Gasteiger partial charge in [0.25, 0.3) is 0 Å². The third-order valence-corrected chi connectivity index (χ3v) is 6.64. The molecule has 6 heteroatoms. The van der Waals surface area contributed by atoms with Gasteiger partial charge in [-0.3, -0.25) is 9.69 Å². The molecule has 1 heterocycles. The monoisotopic (exact) mass is 443 g/mol. The van der Waals surface area contributed by atoms with E-state index in [9.17, 15) is 9.18 Å². The van der Waals surface area contributed by atoms with Gasteiger partial charge in [0.15, 0.2) is 17.3 Å². The highest BCUT2D eigenvalue weighted by atomic mass is 19.1. The van der Waals surface area contributed by atoms with Crippen molar-refractivity contribution in [2.24, 2.45) is 5.92 Å². The second-order valence-electron chi connectivity index (χ2n) is 9.03. The first-order chi connectivity index (χ1) is 15.4. The summed E-state index contributed by atoms with van der Waals surface area (Å²) in [5.41, 5.74) is 1.24. The second-order valence-corrected chi connectivity index (χ2v) is 9.03. The van der Waals surface area contributed by atoms with E-state index in [1.165, 1.54) is 12.1 Å². The smallest absolute Gasteiger partial charge is 0.166 e. The fraction of sp³-hybridized carbons (Fsp3) is 0.500. The number of ketones is 1. The van der Waals surface area contributed by atoms with E-state index in [0.717, 1.165) is 17.5 Å². The lowest BCUT2D eigenvalue weighted by atomic mass is 9.82. The Labute approximate surface area is 188 Å². The summed E-state index contributed by atoms with van der Waals surface area (Å²) in [5, 5.41) is 0. The number of methoxy groups -OCH3 is 1. The Bertz CT molecular complexity index is 952. The fourth-order valence-corrected chi connectivity index (χ4v) is 4.83. The van der Waals surface area contributed by atoms with E-state index in [4.69, 9.17) is 9.47 Å². The highest BCUT2D eigenvalue weighted by Crippen LogP contribution is 2.42. The number of alkyl halides is 1. The van der Waals surface area contributed by atoms with Crippen LogP contribution in [-0.4, -0.2) is 43.2 Å². The van der Waals surface area contributed by atoms with Crippen molar-refractivity contribution >= 4 is 5.78 Å². The summed E-state index contributed by atoms with van der Waals surface area (Å²) in [6.07, 6.45) is 2.46. The van der Waals surface area contributed by atoms with Gasteiger partial charge in [-0.05, 0) is 67.5 Å². The molecule has 4 rings (SSSR count). The zero-order valence-corrected chi connectivity index (χ0v) is 18.8. The molecule has 0 aromatic heterocycles. The van der Waals surface area contributed by atoms with E-state index in [0.29, 0.717) is 62.6 Å². The van der Waals surface area contributed by atoms with Crippen LogP contribution in [0.25, 0.3) is 0 Å². The number of Topliss-reactive ketones (excluding diaryl/α,β-unsaturated/α-hetero) is 1. The van der Waals surface area contributed by atoms with Crippen LogP contribution < -0.4 is 9.47 Å². The van der Waals surface area contributed by atoms with Gasteiger partial charge in [0.1, 0.15) is 11.5 Å². The van der Waals surface area contributed by atoms with Crippen molar-refractivity contribution < 1.29 is 23.0 Å². The summed E-state index contributed by atoms with van der Waals surface area (Å²) in [4.78, 5) is 15.3. The molecule has 0 spiro atoms. The van der Waals surface area contributed by atoms with Crippen molar-refractivity contribution in [1.29, 1.82) is 0 Å². The number of hydrogen-bond donors (Lipinski definition) is 0. The van der Waals surface area contributed by atoms with Gasteiger partial charge in [0.2, 0.25) is 0 Å². The molecule has 0 N–H and O–H groups in total. The van der Waals surface area contributed by atoms with Crippen molar-refractivity contribution in [3.63, 3.8) is 0 Å². The van der Waals surface area contributed by atoms with Crippen LogP contribution >= 0.6 is 0 Å². The molecule has 1 fully saturated rings. The lowest BCUT2D eigenvalue weighted by Crippen LogP contribution is -2.42. The van der Waals surface area contributed by atoms with Crippen molar-refractivity contribution in [2.75, 3.05) is 26.8 Å². The molecule has 32 heavy (non-hydrogen) atoms. The van der Waals surface area contributed by atoms with Crippen molar-refractivity contribution in [1.82, 2.24) is 4.90 Å². The van der Waals surface area contributed by atoms with Gasteiger partial charge < -0.3 is 9.47 Å². The molecule has 1 atom stereocenters. The largest absolute Gasteiger partial charge is 0.493 e. The fourth-order valence-electron chi connectivity index (χ4n) is 4.83. The van der Waals surface area contributed by atoms with Crippen LogP contribution in [0.1, 0.15) is 54.1 Å². The van der Waals surface area contributed by atoms with Crippen LogP contribution in [0.4, 0.5) is 8.78 Å². The Morgan fingerprint density at radius 2 is 1.84 bits per heavy atom. The first-order valence-corrected chi connectivity index (χ1v) is 11.4. The Hall–Kier alpha value is -2.47. The molecule has 4 nitrogen and oxygen atoms in total. The van der Waals surface area contributed by atoms with Crippen molar-refractivity contribution in [3.05, 3.63) is 58.9 Å². The second kappa shape index (κ2) is 9.57. The van der Waals surface area contributed by atoms with E-state index in [1.54, 1.807) is 25.3 Å². The maximum Gasteiger partial charge on any atom is 0.166 e. The minimum atomic E-state index is -1.34. The zero-order chi connectivity index (χ0) is 22.7. The molecule has 2 aromatic rings. The Morgan fingerprint density at radius 3 is 2.50 bits per heavy atom. The number of hydrogen-bond acceptors (Lipinski definition) is 4. The first kappa shape index (κ1) is 22.7. The van der Waals surface area contributed by atoms with Crippen LogP contribution in [-0.2, 0) is 13.0 Å². The lowest BCUT2D eigenvalue weighted by Gasteiger charge is -2.37. The van der Waals surface area contributed by atoms with Crippen LogP contribution in [0, 0.1) is 11.7 Å². The van der Waals surface area contributed by atoms with Crippen LogP contribution in [0.3, 0.4) is 0 Å². The van der Waals surface area contributed by atoms with Gasteiger partial charge in [-0.15, -0.1) is 0 Å². The molecule has 0 saturated carbocycles. The van der Waals surface area contributed by atoms with E-state index in [2.05, 4.69) is 4.90 Å². The number of carbonyl (C=O) groups excluding carboxylic acids is 1. The maximum absolute atomic E-state index is 15.7. The Morgan fingerprint density at radius 1 is 1.12 bits per heavy atom. The summed E-state index contributed by atoms with van der Waals surface area (Å²) in [5.74, 6) is 0.611. The minimum absolute atomic E-state index is 0.00904. The van der Waals surface area contributed by atoms with E-state index < -0.39 is 5.67 Å². The number of rotatable bonds is 8. The molecule has 1 unspecified atom stereocenters. The number of fused-ring (bicyclic) bond motifs is 1. The Kier molecular flexibility index (Phi) is 6.79. The standard InChI is InChI=1S/C26H31F2NO3/c1-3-12-32-24-15-22-19(14-23(24)31-2)13-20(25(22)30)16-26(28)8-10-29(11-9-26)17-18-4-6-21(27)7-5-18/h4-7,14-15,20H,3,8-13,16-17H2,1-2H3. The summed E-state index contributed by atoms with van der Waals surface area (Å²) in [6, 6.07) is 10.1. The maximum atomic E-state index is 15.7. The quantitative estimate of drug-likeness (QED) is 0.550. The highest BCUT2D eigenvalue weighted by Gasteiger charge is 2.42. The van der Waals surface area contributed by atoms with Crippen LogP contribution in [0.5, 0.6) is 11.5 Å². The first-order valence-electron chi connectivity index (χ1n) is 11.4. The Balaban J connectivity index is 1.37. The zero-order valence-electron chi connectivity index (χ0n) is 18.8. The lowest BCUT2D eigenvalue weighted by molar-refractivity contribution is 0.0336. The predicted octanol–water partition coefficient (Wildman–Crippen LogP) is 5.37. The summed E-state index contributed by atoms with van der Waals surface area (Å²) < 4.78 is 40.0. The molecule has 0 amide bonds. The topological polar surface area (TPSA) is 38.8 Å². The average molecular weight is 444 g/mol. The predicted molar refractivity (Wildman–Crippen MR) is 120 cm³/mol. The summed E-state index contributed by atoms with van der Waals surface area (Å²) in [7, 11) is 1.59. The van der Waals surface area contributed by atoms with Gasteiger partial charge in [0, 0.05) is 31.1 Å². The van der Waals surface area contributed by atoms with Gasteiger partial charge in [-0.1, -0.05) is 19.1 Å². The number of piperidine rings is 1. The van der Waals surface area contributed by atoms with Gasteiger partial charge >= 0.3 is 0 Å². The van der Waals surface area contributed by atoms with Gasteiger partial charge in [-0.25, -0.2) is 8.78 Å². The van der Waals surface area contributed by atoms with Crippen LogP contribution in [0.15, 0.2) is 36.4 Å². The highest BCUT2D eigenvalue weighted by molar-refractivity contribution is 6.03. The van der Waals surface area contributed by atoms with Crippen molar-refractivity contribution in [2.45, 2.75) is 51.2 Å². The summed E-state index contributed by atoms with van der Waals surface area (Å²) in [6.45, 7) is 4.51. The number of halogens is 2. The molecule has 1 aliphatic carbocycles. The molecule has 2 aliphatic rings. The number of benzene rings is 2. The minimum Gasteiger partial charge on any atom is -0.493 e. The number of nitrogens with zero attached hydrogens (tertiary/aromatic N) is 1. The van der Waals surface area contributed by atoms with Gasteiger partial charge in [0.05, 0.1) is 13.7 Å². The third-order valence-electron chi connectivity index (χ3n) is 6.64. The molecular weight excluding hydrogens is 412 g/mol. The molecular formula is C26H31F2NO3. The summed E-state index contributed by atoms with van der Waals surface area (Å²) >= 11 is 0. The van der Waals surface area contributed by atoms with Crippen molar-refractivity contribution in [3.8, 4) is 11.5 Å². The van der Waals surface area contributed by atoms with E-state index >= 15 is 4.39 Å². The molecule has 1 aliphatic heterocycles. The molecule has 1 saturated heterocycles. The average Bonchev–Trinajstić information content (AvgIpc) is 3.08. The van der Waals surface area contributed by atoms with Gasteiger partial charge in [-0.2, -0.15) is 0 Å². The van der Waals surface area contributed by atoms with Crippen LogP contribution in [0.2, 0.25) is 0 Å². The van der Waals surface area contributed by atoms with E-state index in [-0.39, 0.29) is 23.9 Å². The molecule has 0 radical (unpaired) electrons. The molecule has 2 aromatic carbocycles. The molecule has 172 valence electrons.